The quantitative estimate of drug-likeness (QED) is 0.808. The summed E-state index contributed by atoms with van der Waals surface area (Å²) in [4.78, 5) is 16.4. The third-order valence-electron chi connectivity index (χ3n) is 4.65. The van der Waals surface area contributed by atoms with Crippen LogP contribution in [0.15, 0.2) is 23.1 Å². The minimum Gasteiger partial charge on any atom is -0.339 e. The summed E-state index contributed by atoms with van der Waals surface area (Å²) in [7, 11) is -1.73. The van der Waals surface area contributed by atoms with E-state index in [2.05, 4.69) is 4.90 Å². The smallest absolute Gasteiger partial charge is 0.253 e. The van der Waals surface area contributed by atoms with Crippen molar-refractivity contribution in [3.8, 4) is 0 Å². The van der Waals surface area contributed by atoms with Crippen molar-refractivity contribution in [2.45, 2.75) is 17.7 Å². The molecule has 2 fully saturated rings. The number of piperazine rings is 1. The summed E-state index contributed by atoms with van der Waals surface area (Å²) in [6.07, 6.45) is 1.98. The van der Waals surface area contributed by atoms with Gasteiger partial charge in [-0.15, -0.1) is 0 Å². The van der Waals surface area contributed by atoms with Gasteiger partial charge >= 0.3 is 0 Å². The maximum Gasteiger partial charge on any atom is 0.253 e. The first-order valence-electron chi connectivity index (χ1n) is 8.17. The van der Waals surface area contributed by atoms with Gasteiger partial charge in [-0.05, 0) is 38.1 Å². The number of rotatable bonds is 3. The summed E-state index contributed by atoms with van der Waals surface area (Å²) >= 11 is 6.15. The SMILES string of the molecule is CN1CCN(S(=O)(=O)c2cc(C(=O)N3CCCC3)ccc2Cl)CC1. The number of benzene rings is 1. The Labute approximate surface area is 148 Å². The van der Waals surface area contributed by atoms with E-state index in [1.54, 1.807) is 11.0 Å². The Balaban J connectivity index is 1.89. The Morgan fingerprint density at radius 2 is 1.67 bits per heavy atom. The summed E-state index contributed by atoms with van der Waals surface area (Å²) in [6.45, 7) is 3.68. The second kappa shape index (κ2) is 7.00. The highest BCUT2D eigenvalue weighted by Gasteiger charge is 2.30. The van der Waals surface area contributed by atoms with E-state index in [1.165, 1.54) is 16.4 Å². The normalized spacial score (nSPS) is 20.5. The third-order valence-corrected chi connectivity index (χ3v) is 7.03. The molecule has 2 aliphatic heterocycles. The van der Waals surface area contributed by atoms with Crippen LogP contribution >= 0.6 is 11.6 Å². The van der Waals surface area contributed by atoms with Crippen molar-refractivity contribution >= 4 is 27.5 Å². The Bertz CT molecular complexity index is 724. The number of sulfonamides is 1. The molecule has 6 nitrogen and oxygen atoms in total. The van der Waals surface area contributed by atoms with Gasteiger partial charge in [0.15, 0.2) is 0 Å². The molecular formula is C16H22ClN3O3S. The minimum absolute atomic E-state index is 0.0266. The van der Waals surface area contributed by atoms with Crippen LogP contribution in [-0.2, 0) is 10.0 Å². The van der Waals surface area contributed by atoms with Crippen LogP contribution in [0.25, 0.3) is 0 Å². The van der Waals surface area contributed by atoms with Gasteiger partial charge in [0.25, 0.3) is 5.91 Å². The van der Waals surface area contributed by atoms with Crippen LogP contribution in [0.2, 0.25) is 5.02 Å². The fraction of sp³-hybridized carbons (Fsp3) is 0.562. The monoisotopic (exact) mass is 371 g/mol. The lowest BCUT2D eigenvalue weighted by Gasteiger charge is -2.31. The zero-order valence-corrected chi connectivity index (χ0v) is 15.3. The van der Waals surface area contributed by atoms with Gasteiger partial charge in [-0.25, -0.2) is 8.42 Å². The molecule has 8 heteroatoms. The third kappa shape index (κ3) is 3.44. The fourth-order valence-electron chi connectivity index (χ4n) is 3.10. The van der Waals surface area contributed by atoms with Crippen molar-refractivity contribution in [2.24, 2.45) is 0 Å². The molecule has 0 radical (unpaired) electrons. The van der Waals surface area contributed by atoms with Gasteiger partial charge in [0.05, 0.1) is 5.02 Å². The van der Waals surface area contributed by atoms with Crippen LogP contribution in [-0.4, -0.2) is 74.7 Å². The number of halogens is 1. The maximum atomic E-state index is 12.9. The molecule has 0 unspecified atom stereocenters. The topological polar surface area (TPSA) is 60.9 Å². The van der Waals surface area contributed by atoms with Gasteiger partial charge < -0.3 is 9.80 Å². The van der Waals surface area contributed by atoms with Crippen LogP contribution in [0.1, 0.15) is 23.2 Å². The standard InChI is InChI=1S/C16H22ClN3O3S/c1-18-8-10-20(11-9-18)24(22,23)15-12-13(4-5-14(15)17)16(21)19-6-2-3-7-19/h4-5,12H,2-3,6-11H2,1H3. The lowest BCUT2D eigenvalue weighted by Crippen LogP contribution is -2.47. The van der Waals surface area contributed by atoms with Crippen molar-refractivity contribution in [1.29, 1.82) is 0 Å². The highest BCUT2D eigenvalue weighted by atomic mass is 35.5. The number of nitrogens with zero attached hydrogens (tertiary/aromatic N) is 3. The average molecular weight is 372 g/mol. The molecule has 132 valence electrons. The van der Waals surface area contributed by atoms with Gasteiger partial charge in [0.1, 0.15) is 4.90 Å². The number of carbonyl (C=O) groups is 1. The number of carbonyl (C=O) groups excluding carboxylic acids is 1. The molecule has 0 bridgehead atoms. The van der Waals surface area contributed by atoms with Gasteiger partial charge in [-0.2, -0.15) is 4.31 Å². The molecule has 24 heavy (non-hydrogen) atoms. The zero-order valence-electron chi connectivity index (χ0n) is 13.7. The van der Waals surface area contributed by atoms with Crippen LogP contribution in [0, 0.1) is 0 Å². The van der Waals surface area contributed by atoms with E-state index in [9.17, 15) is 13.2 Å². The molecule has 3 rings (SSSR count). The van der Waals surface area contributed by atoms with Crippen molar-refractivity contribution in [1.82, 2.24) is 14.1 Å². The Morgan fingerprint density at radius 1 is 1.04 bits per heavy atom. The Hall–Kier alpha value is -1.15. The molecule has 0 saturated carbocycles. The predicted octanol–water partition coefficient (Wildman–Crippen LogP) is 1.51. The first kappa shape index (κ1) is 17.7. The van der Waals surface area contributed by atoms with Gasteiger partial charge in [-0.3, -0.25) is 4.79 Å². The zero-order chi connectivity index (χ0) is 17.3. The summed E-state index contributed by atoms with van der Waals surface area (Å²) in [6, 6.07) is 4.54. The van der Waals surface area contributed by atoms with Gasteiger partial charge in [0.2, 0.25) is 10.0 Å². The molecule has 1 aromatic rings. The molecule has 0 N–H and O–H groups in total. The molecule has 1 aromatic carbocycles. The van der Waals surface area contributed by atoms with Crippen LogP contribution in [0.4, 0.5) is 0 Å². The summed E-state index contributed by atoms with van der Waals surface area (Å²) < 4.78 is 27.3. The maximum absolute atomic E-state index is 12.9. The van der Waals surface area contributed by atoms with E-state index in [0.29, 0.717) is 31.7 Å². The molecule has 0 spiro atoms. The van der Waals surface area contributed by atoms with E-state index >= 15 is 0 Å². The minimum atomic E-state index is -3.69. The van der Waals surface area contributed by atoms with E-state index in [1.807, 2.05) is 7.05 Å². The van der Waals surface area contributed by atoms with E-state index in [-0.39, 0.29) is 15.8 Å². The van der Waals surface area contributed by atoms with E-state index in [4.69, 9.17) is 11.6 Å². The van der Waals surface area contributed by atoms with Crippen LogP contribution in [0.3, 0.4) is 0 Å². The van der Waals surface area contributed by atoms with Gasteiger partial charge in [0, 0.05) is 44.8 Å². The number of amides is 1. The van der Waals surface area contributed by atoms with E-state index < -0.39 is 10.0 Å². The molecule has 2 heterocycles. The van der Waals surface area contributed by atoms with Crippen LogP contribution < -0.4 is 0 Å². The lowest BCUT2D eigenvalue weighted by molar-refractivity contribution is 0.0792. The molecular weight excluding hydrogens is 350 g/mol. The molecule has 0 aromatic heterocycles. The summed E-state index contributed by atoms with van der Waals surface area (Å²) in [5.41, 5.74) is 0.383. The van der Waals surface area contributed by atoms with Crippen molar-refractivity contribution < 1.29 is 13.2 Å². The number of hydrogen-bond donors (Lipinski definition) is 0. The first-order chi connectivity index (χ1) is 11.4. The molecule has 0 atom stereocenters. The van der Waals surface area contributed by atoms with Crippen molar-refractivity contribution in [2.75, 3.05) is 46.3 Å². The Kier molecular flexibility index (Phi) is 5.15. The average Bonchev–Trinajstić information content (AvgIpc) is 3.09. The second-order valence-corrected chi connectivity index (χ2v) is 8.67. The second-order valence-electron chi connectivity index (χ2n) is 6.35. The number of likely N-dealkylation sites (tertiary alicyclic amines) is 1. The number of likely N-dealkylation sites (N-methyl/N-ethyl adjacent to an activating group) is 1. The first-order valence-corrected chi connectivity index (χ1v) is 9.99. The summed E-state index contributed by atoms with van der Waals surface area (Å²) in [5, 5.41) is 0.159. The molecule has 1 amide bonds. The summed E-state index contributed by atoms with van der Waals surface area (Å²) in [5.74, 6) is -0.126. The largest absolute Gasteiger partial charge is 0.339 e. The lowest BCUT2D eigenvalue weighted by atomic mass is 10.2. The highest BCUT2D eigenvalue weighted by Crippen LogP contribution is 2.27. The van der Waals surface area contributed by atoms with Crippen molar-refractivity contribution in [3.05, 3.63) is 28.8 Å². The van der Waals surface area contributed by atoms with Gasteiger partial charge in [-0.1, -0.05) is 11.6 Å². The number of hydrogen-bond acceptors (Lipinski definition) is 4. The molecule has 0 aliphatic carbocycles. The molecule has 2 saturated heterocycles. The Morgan fingerprint density at radius 3 is 2.29 bits per heavy atom. The fourth-order valence-corrected chi connectivity index (χ4v) is 5.03. The van der Waals surface area contributed by atoms with Crippen LogP contribution in [0.5, 0.6) is 0 Å². The van der Waals surface area contributed by atoms with E-state index in [0.717, 1.165) is 25.9 Å². The van der Waals surface area contributed by atoms with Crippen molar-refractivity contribution in [3.63, 3.8) is 0 Å². The highest BCUT2D eigenvalue weighted by molar-refractivity contribution is 7.89. The molecule has 2 aliphatic rings. The predicted molar refractivity (Wildman–Crippen MR) is 92.8 cm³/mol.